The Hall–Kier alpha value is -1.83. The summed E-state index contributed by atoms with van der Waals surface area (Å²) in [5, 5.41) is 0. The molecule has 2 aromatic rings. The Balaban J connectivity index is 2.09. The fraction of sp³-hybridized carbons (Fsp3) is 0.200. The van der Waals surface area contributed by atoms with Gasteiger partial charge in [0.05, 0.1) is 4.90 Å². The van der Waals surface area contributed by atoms with E-state index in [4.69, 9.17) is 0 Å². The third-order valence-electron chi connectivity index (χ3n) is 3.46. The third kappa shape index (κ3) is 5.34. The maximum absolute atomic E-state index is 12.4. The van der Waals surface area contributed by atoms with Gasteiger partial charge in [-0.15, -0.1) is 0 Å². The molecule has 148 valence electrons. The first kappa shape index (κ1) is 21.5. The lowest BCUT2D eigenvalue weighted by molar-refractivity contribution is 0.566. The molecule has 0 amide bonds. The molecule has 0 atom stereocenters. The summed E-state index contributed by atoms with van der Waals surface area (Å²) in [7, 11) is -10.8. The Labute approximate surface area is 159 Å². The Bertz CT molecular complexity index is 1100. The van der Waals surface area contributed by atoms with Crippen molar-refractivity contribution >= 4 is 30.1 Å². The number of nitrogens with one attached hydrogen (secondary N) is 3. The highest BCUT2D eigenvalue weighted by Gasteiger charge is 2.25. The van der Waals surface area contributed by atoms with Gasteiger partial charge in [-0.05, 0) is 31.3 Å². The van der Waals surface area contributed by atoms with E-state index in [1.807, 2.05) is 0 Å². The molecular formula is C15H19N3O6S3. The number of hydrogen-bond donors (Lipinski definition) is 3. The molecule has 0 saturated carbocycles. The van der Waals surface area contributed by atoms with Crippen molar-refractivity contribution < 1.29 is 25.3 Å². The zero-order valence-corrected chi connectivity index (χ0v) is 16.7. The van der Waals surface area contributed by atoms with Gasteiger partial charge < -0.3 is 0 Å². The highest BCUT2D eigenvalue weighted by atomic mass is 32.2. The predicted molar refractivity (Wildman–Crippen MR) is 99.5 cm³/mol. The van der Waals surface area contributed by atoms with E-state index < -0.39 is 39.9 Å². The third-order valence-corrected chi connectivity index (χ3v) is 8.06. The predicted octanol–water partition coefficient (Wildman–Crippen LogP) is -0.148. The molecule has 0 aliphatic carbocycles. The minimum absolute atomic E-state index is 0.0540. The number of sulfonamides is 3. The van der Waals surface area contributed by atoms with Crippen molar-refractivity contribution in [2.24, 2.45) is 0 Å². The van der Waals surface area contributed by atoms with Gasteiger partial charge >= 0.3 is 0 Å². The first-order chi connectivity index (χ1) is 12.6. The van der Waals surface area contributed by atoms with Crippen LogP contribution in [-0.2, 0) is 30.1 Å². The van der Waals surface area contributed by atoms with E-state index in [1.54, 1.807) is 18.2 Å². The van der Waals surface area contributed by atoms with Crippen molar-refractivity contribution in [3.63, 3.8) is 0 Å². The summed E-state index contributed by atoms with van der Waals surface area (Å²) in [6, 6.07) is 12.7. The summed E-state index contributed by atoms with van der Waals surface area (Å²) >= 11 is 0. The summed E-state index contributed by atoms with van der Waals surface area (Å²) in [5.74, 6) is 0. The van der Waals surface area contributed by atoms with Gasteiger partial charge in [0.1, 0.15) is 9.79 Å². The molecule has 0 radical (unpaired) electrons. The first-order valence-electron chi connectivity index (χ1n) is 7.67. The van der Waals surface area contributed by atoms with Gasteiger partial charge in [-0.3, -0.25) is 0 Å². The van der Waals surface area contributed by atoms with E-state index in [2.05, 4.69) is 14.2 Å². The van der Waals surface area contributed by atoms with Crippen LogP contribution in [0.15, 0.2) is 69.3 Å². The lowest BCUT2D eigenvalue weighted by Gasteiger charge is -2.12. The van der Waals surface area contributed by atoms with Crippen molar-refractivity contribution in [3.05, 3.63) is 54.6 Å². The van der Waals surface area contributed by atoms with E-state index in [0.29, 0.717) is 0 Å². The van der Waals surface area contributed by atoms with E-state index in [1.165, 1.54) is 37.4 Å². The largest absolute Gasteiger partial charge is 0.241 e. The highest BCUT2D eigenvalue weighted by molar-refractivity contribution is 7.92. The van der Waals surface area contributed by atoms with Crippen LogP contribution >= 0.6 is 0 Å². The smallest absolute Gasteiger partial charge is 0.214 e. The van der Waals surface area contributed by atoms with Crippen LogP contribution in [0.2, 0.25) is 0 Å². The van der Waals surface area contributed by atoms with Gasteiger partial charge in [-0.2, -0.15) is 0 Å². The Kier molecular flexibility index (Phi) is 6.72. The average Bonchev–Trinajstić information content (AvgIpc) is 2.66. The Morgan fingerprint density at radius 2 is 1.07 bits per heavy atom. The van der Waals surface area contributed by atoms with Crippen LogP contribution in [0.1, 0.15) is 0 Å². The normalized spacial score (nSPS) is 12.8. The summed E-state index contributed by atoms with van der Waals surface area (Å²) in [6.07, 6.45) is 0. The lowest BCUT2D eigenvalue weighted by atomic mass is 10.4. The standard InChI is InChI=1S/C15H19N3O6S3/c1-16-26(21,22)14-9-5-6-10-15(14)27(23,24)18-12-11-17-25(19,20)13-7-3-2-4-8-13/h2-10,16-18H,11-12H2,1H3. The number of benzene rings is 2. The molecule has 9 nitrogen and oxygen atoms in total. The minimum Gasteiger partial charge on any atom is -0.214 e. The molecule has 12 heteroatoms. The van der Waals surface area contributed by atoms with Gasteiger partial charge in [0.25, 0.3) is 0 Å². The molecule has 0 saturated heterocycles. The molecule has 0 spiro atoms. The van der Waals surface area contributed by atoms with Crippen molar-refractivity contribution in [2.75, 3.05) is 20.1 Å². The molecule has 0 aliphatic heterocycles. The van der Waals surface area contributed by atoms with Crippen LogP contribution in [0.4, 0.5) is 0 Å². The van der Waals surface area contributed by atoms with Crippen molar-refractivity contribution in [1.29, 1.82) is 0 Å². The second-order valence-electron chi connectivity index (χ2n) is 5.26. The molecule has 0 aliphatic rings. The van der Waals surface area contributed by atoms with Crippen LogP contribution in [0, 0.1) is 0 Å². The Morgan fingerprint density at radius 3 is 1.59 bits per heavy atom. The fourth-order valence-electron chi connectivity index (χ4n) is 2.14. The van der Waals surface area contributed by atoms with Crippen LogP contribution in [0.5, 0.6) is 0 Å². The van der Waals surface area contributed by atoms with Crippen LogP contribution < -0.4 is 14.2 Å². The van der Waals surface area contributed by atoms with Crippen molar-refractivity contribution in [1.82, 2.24) is 14.2 Å². The molecule has 0 aromatic heterocycles. The average molecular weight is 434 g/mol. The van der Waals surface area contributed by atoms with E-state index in [9.17, 15) is 25.3 Å². The monoisotopic (exact) mass is 433 g/mol. The zero-order valence-electron chi connectivity index (χ0n) is 14.3. The second-order valence-corrected chi connectivity index (χ2v) is 10.6. The molecule has 0 fully saturated rings. The van der Waals surface area contributed by atoms with Gasteiger partial charge in [0, 0.05) is 13.1 Å². The SMILES string of the molecule is CNS(=O)(=O)c1ccccc1S(=O)(=O)NCCNS(=O)(=O)c1ccccc1. The van der Waals surface area contributed by atoms with Gasteiger partial charge in [0.2, 0.25) is 30.1 Å². The maximum Gasteiger partial charge on any atom is 0.241 e. The highest BCUT2D eigenvalue weighted by Crippen LogP contribution is 2.19. The van der Waals surface area contributed by atoms with Gasteiger partial charge in [0.15, 0.2) is 0 Å². The molecule has 2 aromatic carbocycles. The Morgan fingerprint density at radius 1 is 0.630 bits per heavy atom. The number of rotatable bonds is 9. The first-order valence-corrected chi connectivity index (χ1v) is 12.1. The van der Waals surface area contributed by atoms with E-state index >= 15 is 0 Å². The van der Waals surface area contributed by atoms with Crippen LogP contribution in [0.3, 0.4) is 0 Å². The molecule has 27 heavy (non-hydrogen) atoms. The van der Waals surface area contributed by atoms with Crippen LogP contribution in [-0.4, -0.2) is 45.4 Å². The summed E-state index contributed by atoms with van der Waals surface area (Å²) in [5.41, 5.74) is 0. The van der Waals surface area contributed by atoms with E-state index in [0.717, 1.165) is 6.07 Å². The van der Waals surface area contributed by atoms with Gasteiger partial charge in [-0.25, -0.2) is 39.4 Å². The van der Waals surface area contributed by atoms with Crippen molar-refractivity contribution in [2.45, 2.75) is 14.7 Å². The van der Waals surface area contributed by atoms with Crippen molar-refractivity contribution in [3.8, 4) is 0 Å². The molecule has 3 N–H and O–H groups in total. The van der Waals surface area contributed by atoms with Crippen LogP contribution in [0.25, 0.3) is 0 Å². The molecular weight excluding hydrogens is 414 g/mol. The summed E-state index contributed by atoms with van der Waals surface area (Å²) in [6.45, 7) is -0.472. The molecule has 0 unspecified atom stereocenters. The maximum atomic E-state index is 12.4. The van der Waals surface area contributed by atoms with E-state index in [-0.39, 0.29) is 18.0 Å². The minimum atomic E-state index is -4.17. The van der Waals surface area contributed by atoms with Gasteiger partial charge in [-0.1, -0.05) is 30.3 Å². The topological polar surface area (TPSA) is 139 Å². The zero-order chi connectivity index (χ0) is 20.1. The summed E-state index contributed by atoms with van der Waals surface area (Å²) in [4.78, 5) is -0.770. The quantitative estimate of drug-likeness (QED) is 0.470. The fourth-order valence-corrected chi connectivity index (χ4v) is 5.77. The lowest BCUT2D eigenvalue weighted by Crippen LogP contribution is -2.35. The second kappa shape index (κ2) is 8.46. The summed E-state index contributed by atoms with van der Waals surface area (Å²) < 4.78 is 79.5. The number of hydrogen-bond acceptors (Lipinski definition) is 6. The molecule has 0 bridgehead atoms. The molecule has 2 rings (SSSR count). The molecule has 0 heterocycles.